The van der Waals surface area contributed by atoms with Gasteiger partial charge in [-0.25, -0.2) is 0 Å². The maximum atomic E-state index is 5.68. The van der Waals surface area contributed by atoms with Crippen LogP contribution >= 0.6 is 0 Å². The van der Waals surface area contributed by atoms with Gasteiger partial charge in [0, 0.05) is 6.54 Å². The number of nitrogens with two attached hydrogens (primary N) is 1. The first-order valence-electron chi connectivity index (χ1n) is 6.18. The smallest absolute Gasteiger partial charge is 0.000702 e. The predicted octanol–water partition coefficient (Wildman–Crippen LogP) is 2.09. The van der Waals surface area contributed by atoms with Gasteiger partial charge in [-0.3, -0.25) is 0 Å². The molecule has 1 fully saturated rings. The monoisotopic (exact) mass is 198 g/mol. The van der Waals surface area contributed by atoms with Crippen molar-refractivity contribution in [3.05, 3.63) is 0 Å². The van der Waals surface area contributed by atoms with Crippen molar-refractivity contribution in [1.82, 2.24) is 4.90 Å². The maximum absolute atomic E-state index is 5.68. The van der Waals surface area contributed by atoms with E-state index in [1.807, 2.05) is 0 Å². The number of hydrogen-bond acceptors (Lipinski definition) is 2. The molecule has 2 N–H and O–H groups in total. The molecule has 0 spiro atoms. The van der Waals surface area contributed by atoms with Crippen molar-refractivity contribution in [2.45, 2.75) is 39.5 Å². The molecule has 14 heavy (non-hydrogen) atoms. The Hall–Kier alpha value is -0.0800. The van der Waals surface area contributed by atoms with Crippen LogP contribution in [0.3, 0.4) is 0 Å². The van der Waals surface area contributed by atoms with Gasteiger partial charge in [-0.05, 0) is 50.7 Å². The predicted molar refractivity (Wildman–Crippen MR) is 62.3 cm³/mol. The van der Waals surface area contributed by atoms with E-state index in [2.05, 4.69) is 18.7 Å². The Morgan fingerprint density at radius 3 is 2.50 bits per heavy atom. The Balaban J connectivity index is 2.15. The van der Waals surface area contributed by atoms with E-state index in [0.29, 0.717) is 0 Å². The summed E-state index contributed by atoms with van der Waals surface area (Å²) < 4.78 is 0. The molecule has 2 nitrogen and oxygen atoms in total. The molecule has 1 heterocycles. The molecule has 0 aromatic carbocycles. The number of hydrogen-bond donors (Lipinski definition) is 1. The fourth-order valence-electron chi connectivity index (χ4n) is 2.43. The van der Waals surface area contributed by atoms with Crippen LogP contribution in [-0.2, 0) is 0 Å². The van der Waals surface area contributed by atoms with Gasteiger partial charge in [-0.1, -0.05) is 20.3 Å². The maximum Gasteiger partial charge on any atom is 0.000702 e. The first kappa shape index (κ1) is 12.0. The highest BCUT2D eigenvalue weighted by molar-refractivity contribution is 4.73. The van der Waals surface area contributed by atoms with Gasteiger partial charge in [0.05, 0.1) is 0 Å². The molecule has 0 saturated carbocycles. The van der Waals surface area contributed by atoms with E-state index in [0.717, 1.165) is 18.4 Å². The van der Waals surface area contributed by atoms with Crippen molar-refractivity contribution in [3.8, 4) is 0 Å². The quantitative estimate of drug-likeness (QED) is 0.733. The molecule has 0 aromatic rings. The molecule has 2 heteroatoms. The van der Waals surface area contributed by atoms with Crippen molar-refractivity contribution < 1.29 is 0 Å². The van der Waals surface area contributed by atoms with Gasteiger partial charge in [-0.2, -0.15) is 0 Å². The topological polar surface area (TPSA) is 29.3 Å². The van der Waals surface area contributed by atoms with Crippen LogP contribution in [0.4, 0.5) is 0 Å². The summed E-state index contributed by atoms with van der Waals surface area (Å²) in [7, 11) is 0. The molecule has 0 aliphatic carbocycles. The van der Waals surface area contributed by atoms with Crippen LogP contribution in [0.25, 0.3) is 0 Å². The van der Waals surface area contributed by atoms with Crippen LogP contribution in [0.15, 0.2) is 0 Å². The SMILES string of the molecule is CCCC(C)CN1CCC(CN)CC1. The number of likely N-dealkylation sites (tertiary alicyclic amines) is 1. The zero-order chi connectivity index (χ0) is 10.4. The molecule has 0 radical (unpaired) electrons. The first-order valence-corrected chi connectivity index (χ1v) is 6.18. The van der Waals surface area contributed by atoms with Gasteiger partial charge < -0.3 is 10.6 Å². The van der Waals surface area contributed by atoms with Crippen LogP contribution in [-0.4, -0.2) is 31.1 Å². The molecule has 1 aliphatic heterocycles. The lowest BCUT2D eigenvalue weighted by atomic mass is 9.96. The lowest BCUT2D eigenvalue weighted by molar-refractivity contribution is 0.164. The molecule has 1 rings (SSSR count). The van der Waals surface area contributed by atoms with Crippen molar-refractivity contribution >= 4 is 0 Å². The first-order chi connectivity index (χ1) is 6.76. The van der Waals surface area contributed by atoms with Gasteiger partial charge in [0.15, 0.2) is 0 Å². The zero-order valence-electron chi connectivity index (χ0n) is 9.84. The minimum absolute atomic E-state index is 0.799. The number of nitrogens with zero attached hydrogens (tertiary/aromatic N) is 1. The molecule has 0 aromatic heterocycles. The molecule has 0 bridgehead atoms. The van der Waals surface area contributed by atoms with Crippen molar-refractivity contribution in [3.63, 3.8) is 0 Å². The van der Waals surface area contributed by atoms with Crippen LogP contribution in [0, 0.1) is 11.8 Å². The normalized spacial score (nSPS) is 22.5. The largest absolute Gasteiger partial charge is 0.330 e. The van der Waals surface area contributed by atoms with Gasteiger partial charge in [0.2, 0.25) is 0 Å². The highest BCUT2D eigenvalue weighted by Gasteiger charge is 2.18. The molecule has 1 unspecified atom stereocenters. The lowest BCUT2D eigenvalue weighted by Gasteiger charge is -2.33. The van der Waals surface area contributed by atoms with E-state index >= 15 is 0 Å². The average Bonchev–Trinajstić information content (AvgIpc) is 2.19. The van der Waals surface area contributed by atoms with E-state index in [9.17, 15) is 0 Å². The minimum Gasteiger partial charge on any atom is -0.330 e. The van der Waals surface area contributed by atoms with Crippen LogP contribution in [0.2, 0.25) is 0 Å². The molecule has 1 aliphatic rings. The third kappa shape index (κ3) is 3.97. The second-order valence-corrected chi connectivity index (χ2v) is 4.87. The third-order valence-corrected chi connectivity index (χ3v) is 3.39. The fraction of sp³-hybridized carbons (Fsp3) is 1.00. The van der Waals surface area contributed by atoms with E-state index in [1.165, 1.54) is 45.3 Å². The average molecular weight is 198 g/mol. The summed E-state index contributed by atoms with van der Waals surface area (Å²) in [6.45, 7) is 9.38. The van der Waals surface area contributed by atoms with E-state index in [1.54, 1.807) is 0 Å². The van der Waals surface area contributed by atoms with Crippen LogP contribution in [0.1, 0.15) is 39.5 Å². The summed E-state index contributed by atoms with van der Waals surface area (Å²) in [6, 6.07) is 0. The lowest BCUT2D eigenvalue weighted by Crippen LogP contribution is -2.38. The van der Waals surface area contributed by atoms with Crippen molar-refractivity contribution in [1.29, 1.82) is 0 Å². The van der Waals surface area contributed by atoms with E-state index in [-0.39, 0.29) is 0 Å². The Labute approximate surface area is 88.8 Å². The summed E-state index contributed by atoms with van der Waals surface area (Å²) in [6.07, 6.45) is 5.32. The van der Waals surface area contributed by atoms with Crippen molar-refractivity contribution in [2.75, 3.05) is 26.2 Å². The Morgan fingerprint density at radius 1 is 1.36 bits per heavy atom. The summed E-state index contributed by atoms with van der Waals surface area (Å²) in [5.41, 5.74) is 5.68. The minimum atomic E-state index is 0.799. The summed E-state index contributed by atoms with van der Waals surface area (Å²) in [4.78, 5) is 2.62. The Kier molecular flexibility index (Phi) is 5.49. The standard InChI is InChI=1S/C12H26N2/c1-3-4-11(2)10-14-7-5-12(9-13)6-8-14/h11-12H,3-10,13H2,1-2H3. The van der Waals surface area contributed by atoms with Gasteiger partial charge >= 0.3 is 0 Å². The molecular weight excluding hydrogens is 172 g/mol. The van der Waals surface area contributed by atoms with Crippen LogP contribution < -0.4 is 5.73 Å². The zero-order valence-corrected chi connectivity index (χ0v) is 9.84. The van der Waals surface area contributed by atoms with Crippen LogP contribution in [0.5, 0.6) is 0 Å². The molecular formula is C12H26N2. The summed E-state index contributed by atoms with van der Waals surface area (Å²) in [5.74, 6) is 1.67. The van der Waals surface area contributed by atoms with Gasteiger partial charge in [0.25, 0.3) is 0 Å². The highest BCUT2D eigenvalue weighted by atomic mass is 15.1. The molecule has 1 atom stereocenters. The molecule has 84 valence electrons. The Morgan fingerprint density at radius 2 is 2.00 bits per heavy atom. The van der Waals surface area contributed by atoms with E-state index < -0.39 is 0 Å². The summed E-state index contributed by atoms with van der Waals surface area (Å²) >= 11 is 0. The number of rotatable bonds is 5. The second kappa shape index (κ2) is 6.41. The van der Waals surface area contributed by atoms with Gasteiger partial charge in [-0.15, -0.1) is 0 Å². The van der Waals surface area contributed by atoms with E-state index in [4.69, 9.17) is 5.73 Å². The molecule has 0 amide bonds. The second-order valence-electron chi connectivity index (χ2n) is 4.87. The van der Waals surface area contributed by atoms with Crippen molar-refractivity contribution in [2.24, 2.45) is 17.6 Å². The Bertz CT molecular complexity index is 139. The molecule has 1 saturated heterocycles. The highest BCUT2D eigenvalue weighted by Crippen LogP contribution is 2.17. The fourth-order valence-corrected chi connectivity index (χ4v) is 2.43. The number of piperidine rings is 1. The third-order valence-electron chi connectivity index (χ3n) is 3.39. The summed E-state index contributed by atoms with van der Waals surface area (Å²) in [5, 5.41) is 0. The van der Waals surface area contributed by atoms with Gasteiger partial charge in [0.1, 0.15) is 0 Å².